The first-order valence-corrected chi connectivity index (χ1v) is 11.4. The number of benzene rings is 2. The highest BCUT2D eigenvalue weighted by Gasteiger charge is 2.28. The average molecular weight is 452 g/mol. The SMILES string of the molecule is CCOc1ccc(NC(=O)N2CCC[C@@H](c3nnc(C(=O)Nc4ccccc4)s3)C2)cc1. The minimum Gasteiger partial charge on any atom is -0.494 e. The lowest BCUT2D eigenvalue weighted by molar-refractivity contribution is 0.102. The molecule has 1 saturated heterocycles. The number of urea groups is 1. The van der Waals surface area contributed by atoms with Gasteiger partial charge in [-0.1, -0.05) is 29.5 Å². The Kier molecular flexibility index (Phi) is 6.96. The van der Waals surface area contributed by atoms with Crippen molar-refractivity contribution in [3.8, 4) is 5.75 Å². The number of hydrogen-bond acceptors (Lipinski definition) is 6. The molecule has 1 atom stereocenters. The Balaban J connectivity index is 1.35. The summed E-state index contributed by atoms with van der Waals surface area (Å²) in [4.78, 5) is 27.0. The summed E-state index contributed by atoms with van der Waals surface area (Å²) in [6, 6.07) is 16.4. The lowest BCUT2D eigenvalue weighted by Gasteiger charge is -2.31. The summed E-state index contributed by atoms with van der Waals surface area (Å²) in [6.07, 6.45) is 1.77. The third kappa shape index (κ3) is 5.42. The van der Waals surface area contributed by atoms with Crippen LogP contribution in [0.4, 0.5) is 16.2 Å². The summed E-state index contributed by atoms with van der Waals surface area (Å²) in [5.74, 6) is 0.554. The summed E-state index contributed by atoms with van der Waals surface area (Å²) in [7, 11) is 0. The fourth-order valence-corrected chi connectivity index (χ4v) is 4.43. The van der Waals surface area contributed by atoms with Gasteiger partial charge in [-0.15, -0.1) is 10.2 Å². The third-order valence-electron chi connectivity index (χ3n) is 5.14. The first-order valence-electron chi connectivity index (χ1n) is 10.6. The molecule has 4 rings (SSSR count). The van der Waals surface area contributed by atoms with E-state index in [2.05, 4.69) is 20.8 Å². The monoisotopic (exact) mass is 451 g/mol. The predicted octanol–water partition coefficient (Wildman–Crippen LogP) is 4.60. The minimum atomic E-state index is -0.277. The maximum atomic E-state index is 12.8. The third-order valence-corrected chi connectivity index (χ3v) is 6.23. The quantitative estimate of drug-likeness (QED) is 0.571. The highest BCUT2D eigenvalue weighted by molar-refractivity contribution is 7.13. The van der Waals surface area contributed by atoms with E-state index in [4.69, 9.17) is 4.74 Å². The number of carbonyl (C=O) groups excluding carboxylic acids is 2. The van der Waals surface area contributed by atoms with Crippen LogP contribution in [0.2, 0.25) is 0 Å². The number of para-hydroxylation sites is 1. The van der Waals surface area contributed by atoms with Gasteiger partial charge in [0.25, 0.3) is 5.91 Å². The molecule has 166 valence electrons. The molecule has 9 heteroatoms. The first kappa shape index (κ1) is 21.8. The summed E-state index contributed by atoms with van der Waals surface area (Å²) >= 11 is 1.28. The number of carbonyl (C=O) groups is 2. The second-order valence-electron chi connectivity index (χ2n) is 7.44. The maximum absolute atomic E-state index is 12.8. The van der Waals surface area contributed by atoms with E-state index in [1.165, 1.54) is 11.3 Å². The lowest BCUT2D eigenvalue weighted by atomic mass is 9.99. The van der Waals surface area contributed by atoms with Gasteiger partial charge < -0.3 is 20.3 Å². The van der Waals surface area contributed by atoms with Gasteiger partial charge in [-0.2, -0.15) is 0 Å². The van der Waals surface area contributed by atoms with Crippen LogP contribution < -0.4 is 15.4 Å². The molecule has 0 spiro atoms. The molecule has 2 aromatic carbocycles. The highest BCUT2D eigenvalue weighted by atomic mass is 32.1. The predicted molar refractivity (Wildman–Crippen MR) is 124 cm³/mol. The number of likely N-dealkylation sites (tertiary alicyclic amines) is 1. The van der Waals surface area contributed by atoms with Gasteiger partial charge in [0, 0.05) is 30.4 Å². The van der Waals surface area contributed by atoms with Gasteiger partial charge >= 0.3 is 6.03 Å². The molecule has 0 radical (unpaired) electrons. The Morgan fingerprint density at radius 3 is 2.56 bits per heavy atom. The van der Waals surface area contributed by atoms with Gasteiger partial charge in [-0.05, 0) is 56.2 Å². The molecule has 1 aromatic heterocycles. The van der Waals surface area contributed by atoms with Gasteiger partial charge in [0.05, 0.1) is 6.61 Å². The number of hydrogen-bond donors (Lipinski definition) is 2. The number of amides is 3. The number of rotatable bonds is 6. The van der Waals surface area contributed by atoms with Gasteiger partial charge in [0.1, 0.15) is 10.8 Å². The summed E-state index contributed by atoms with van der Waals surface area (Å²) in [6.45, 7) is 3.75. The smallest absolute Gasteiger partial charge is 0.321 e. The van der Waals surface area contributed by atoms with Crippen molar-refractivity contribution < 1.29 is 14.3 Å². The summed E-state index contributed by atoms with van der Waals surface area (Å²) in [5, 5.41) is 15.2. The molecule has 1 fully saturated rings. The Bertz CT molecular complexity index is 1060. The van der Waals surface area contributed by atoms with Gasteiger partial charge in [-0.25, -0.2) is 4.79 Å². The number of ether oxygens (including phenoxy) is 1. The number of nitrogens with zero attached hydrogens (tertiary/aromatic N) is 3. The molecule has 1 aliphatic rings. The normalized spacial score (nSPS) is 15.8. The Hall–Kier alpha value is -3.46. The minimum absolute atomic E-state index is 0.0607. The molecule has 2 heterocycles. The van der Waals surface area contributed by atoms with Crippen molar-refractivity contribution in [2.45, 2.75) is 25.7 Å². The molecule has 0 unspecified atom stereocenters. The van der Waals surface area contributed by atoms with Crippen molar-refractivity contribution in [3.63, 3.8) is 0 Å². The largest absolute Gasteiger partial charge is 0.494 e. The van der Waals surface area contributed by atoms with Crippen LogP contribution in [0.15, 0.2) is 54.6 Å². The van der Waals surface area contributed by atoms with E-state index >= 15 is 0 Å². The molecule has 0 saturated carbocycles. The van der Waals surface area contributed by atoms with E-state index in [0.29, 0.717) is 30.4 Å². The number of aromatic nitrogens is 2. The van der Waals surface area contributed by atoms with E-state index in [-0.39, 0.29) is 17.9 Å². The maximum Gasteiger partial charge on any atom is 0.321 e. The van der Waals surface area contributed by atoms with Crippen molar-refractivity contribution in [3.05, 3.63) is 64.6 Å². The summed E-state index contributed by atoms with van der Waals surface area (Å²) in [5.41, 5.74) is 1.43. The van der Waals surface area contributed by atoms with Crippen LogP contribution in [0.3, 0.4) is 0 Å². The number of anilines is 2. The fourth-order valence-electron chi connectivity index (χ4n) is 3.56. The zero-order valence-corrected chi connectivity index (χ0v) is 18.6. The van der Waals surface area contributed by atoms with E-state index in [0.717, 1.165) is 29.3 Å². The van der Waals surface area contributed by atoms with Crippen LogP contribution in [0.1, 0.15) is 40.5 Å². The molecule has 3 aromatic rings. The molecule has 2 N–H and O–H groups in total. The van der Waals surface area contributed by atoms with E-state index in [9.17, 15) is 9.59 Å². The Morgan fingerprint density at radius 2 is 1.81 bits per heavy atom. The fraction of sp³-hybridized carbons (Fsp3) is 0.304. The van der Waals surface area contributed by atoms with Crippen molar-refractivity contribution >= 4 is 34.6 Å². The molecular weight excluding hydrogens is 426 g/mol. The zero-order chi connectivity index (χ0) is 22.3. The van der Waals surface area contributed by atoms with Crippen molar-refractivity contribution in [2.24, 2.45) is 0 Å². The second kappa shape index (κ2) is 10.2. The van der Waals surface area contributed by atoms with Crippen LogP contribution in [0, 0.1) is 0 Å². The standard InChI is InChI=1S/C23H25N5O3S/c1-2-31-19-12-10-18(11-13-19)25-23(30)28-14-6-7-16(15-28)21-26-27-22(32-21)20(29)24-17-8-4-3-5-9-17/h3-5,8-13,16H,2,6-7,14-15H2,1H3,(H,24,29)(H,25,30)/t16-/m1/s1. The van der Waals surface area contributed by atoms with Crippen molar-refractivity contribution in [1.29, 1.82) is 0 Å². The molecule has 32 heavy (non-hydrogen) atoms. The zero-order valence-electron chi connectivity index (χ0n) is 17.8. The van der Waals surface area contributed by atoms with Gasteiger partial charge in [-0.3, -0.25) is 4.79 Å². The highest BCUT2D eigenvalue weighted by Crippen LogP contribution is 2.30. The van der Waals surface area contributed by atoms with Crippen molar-refractivity contribution in [2.75, 3.05) is 30.3 Å². The van der Waals surface area contributed by atoms with Crippen LogP contribution in [0.25, 0.3) is 0 Å². The number of nitrogens with one attached hydrogen (secondary N) is 2. The van der Waals surface area contributed by atoms with Crippen LogP contribution in [-0.4, -0.2) is 46.7 Å². The van der Waals surface area contributed by atoms with Crippen molar-refractivity contribution in [1.82, 2.24) is 15.1 Å². The summed E-state index contributed by atoms with van der Waals surface area (Å²) < 4.78 is 5.43. The first-order chi connectivity index (χ1) is 15.6. The van der Waals surface area contributed by atoms with Crippen LogP contribution in [0.5, 0.6) is 5.75 Å². The molecular formula is C23H25N5O3S. The molecule has 1 aliphatic heterocycles. The Morgan fingerprint density at radius 1 is 1.06 bits per heavy atom. The molecule has 0 aliphatic carbocycles. The molecule has 3 amide bonds. The Labute approximate surface area is 190 Å². The van der Waals surface area contributed by atoms with Crippen LogP contribution >= 0.6 is 11.3 Å². The second-order valence-corrected chi connectivity index (χ2v) is 8.45. The number of piperidine rings is 1. The van der Waals surface area contributed by atoms with E-state index in [1.807, 2.05) is 61.5 Å². The van der Waals surface area contributed by atoms with Gasteiger partial charge in [0.15, 0.2) is 0 Å². The van der Waals surface area contributed by atoms with E-state index in [1.54, 1.807) is 4.90 Å². The molecule has 0 bridgehead atoms. The lowest BCUT2D eigenvalue weighted by Crippen LogP contribution is -2.41. The van der Waals surface area contributed by atoms with E-state index < -0.39 is 0 Å². The topological polar surface area (TPSA) is 96.4 Å². The van der Waals surface area contributed by atoms with Crippen LogP contribution in [-0.2, 0) is 0 Å². The van der Waals surface area contributed by atoms with Gasteiger partial charge in [0.2, 0.25) is 5.01 Å². The molecule has 8 nitrogen and oxygen atoms in total. The average Bonchev–Trinajstić information content (AvgIpc) is 3.32.